The van der Waals surface area contributed by atoms with Crippen LogP contribution in [0.25, 0.3) is 5.69 Å². The fraction of sp³-hybridized carbons (Fsp3) is 0.0909. The topological polar surface area (TPSA) is 75.1 Å². The van der Waals surface area contributed by atoms with Gasteiger partial charge in [-0.15, -0.1) is 0 Å². The largest absolute Gasteiger partial charge is 0.477 e. The lowest BCUT2D eigenvalue weighted by Gasteiger charge is -2.06. The summed E-state index contributed by atoms with van der Waals surface area (Å²) < 4.78 is 1.15. The van der Waals surface area contributed by atoms with Crippen LogP contribution in [0.1, 0.15) is 16.1 Å². The van der Waals surface area contributed by atoms with E-state index in [1.165, 1.54) is 6.20 Å². The third-order valence-corrected chi connectivity index (χ3v) is 2.35. The summed E-state index contributed by atoms with van der Waals surface area (Å²) in [6.45, 7) is 1.82. The van der Waals surface area contributed by atoms with Crippen LogP contribution in [0.15, 0.2) is 35.3 Å². The van der Waals surface area contributed by atoms with Crippen molar-refractivity contribution in [2.45, 2.75) is 6.92 Å². The lowest BCUT2D eigenvalue weighted by molar-refractivity contribution is 0.0688. The molecule has 0 bridgehead atoms. The number of aromatic carboxylic acids is 1. The number of aromatic nitrogens is 2. The minimum atomic E-state index is -1.14. The molecule has 0 saturated heterocycles. The Balaban J connectivity index is 2.74. The van der Waals surface area contributed by atoms with Crippen LogP contribution in [0, 0.1) is 6.92 Å². The second-order valence-corrected chi connectivity index (χ2v) is 3.41. The Kier molecular flexibility index (Phi) is 2.36. The van der Waals surface area contributed by atoms with E-state index in [0.29, 0.717) is 5.69 Å². The molecule has 5 nitrogen and oxygen atoms in total. The second-order valence-electron chi connectivity index (χ2n) is 3.41. The van der Waals surface area contributed by atoms with E-state index in [0.717, 1.165) is 10.1 Å². The van der Waals surface area contributed by atoms with E-state index in [1.54, 1.807) is 12.1 Å². The monoisotopic (exact) mass is 218 g/mol. The second kappa shape index (κ2) is 3.69. The van der Waals surface area contributed by atoms with Gasteiger partial charge in [-0.25, -0.2) is 9.59 Å². The van der Waals surface area contributed by atoms with Crippen molar-refractivity contribution in [1.29, 1.82) is 0 Å². The fourth-order valence-corrected chi connectivity index (χ4v) is 1.58. The molecule has 82 valence electrons. The molecule has 0 unspecified atom stereocenters. The summed E-state index contributed by atoms with van der Waals surface area (Å²) in [6, 6.07) is 7.11. The van der Waals surface area contributed by atoms with Gasteiger partial charge < -0.3 is 10.1 Å². The summed E-state index contributed by atoms with van der Waals surface area (Å²) in [7, 11) is 0. The fourth-order valence-electron chi connectivity index (χ4n) is 1.58. The number of imidazole rings is 1. The van der Waals surface area contributed by atoms with E-state index in [1.807, 2.05) is 19.1 Å². The van der Waals surface area contributed by atoms with Crippen molar-refractivity contribution in [2.24, 2.45) is 0 Å². The normalized spacial score (nSPS) is 10.3. The first-order chi connectivity index (χ1) is 7.61. The third-order valence-electron chi connectivity index (χ3n) is 2.35. The molecule has 0 aliphatic rings. The minimum Gasteiger partial charge on any atom is -0.477 e. The lowest BCUT2D eigenvalue weighted by Crippen LogP contribution is -2.19. The van der Waals surface area contributed by atoms with Crippen LogP contribution < -0.4 is 5.69 Å². The molecule has 1 aromatic carbocycles. The van der Waals surface area contributed by atoms with E-state index < -0.39 is 11.7 Å². The van der Waals surface area contributed by atoms with Crippen molar-refractivity contribution in [3.05, 3.63) is 52.2 Å². The number of nitrogens with zero attached hydrogens (tertiary/aromatic N) is 1. The SMILES string of the molecule is Cc1ccccc1-n1c(C(=O)O)c[nH]c1=O. The van der Waals surface area contributed by atoms with Crippen molar-refractivity contribution in [3.63, 3.8) is 0 Å². The van der Waals surface area contributed by atoms with Crippen molar-refractivity contribution in [1.82, 2.24) is 9.55 Å². The van der Waals surface area contributed by atoms with E-state index in [2.05, 4.69) is 4.98 Å². The standard InChI is InChI=1S/C11H10N2O3/c1-7-4-2-3-5-8(7)13-9(10(14)15)6-12-11(13)16/h2-6H,1H3,(H,12,16)(H,14,15). The zero-order valence-electron chi connectivity index (χ0n) is 8.60. The highest BCUT2D eigenvalue weighted by Gasteiger charge is 2.15. The highest BCUT2D eigenvalue weighted by Crippen LogP contribution is 2.13. The van der Waals surface area contributed by atoms with E-state index >= 15 is 0 Å². The minimum absolute atomic E-state index is 0.0701. The predicted octanol–water partition coefficient (Wildman–Crippen LogP) is 1.17. The summed E-state index contributed by atoms with van der Waals surface area (Å²) in [5.74, 6) is -1.14. The molecule has 0 radical (unpaired) electrons. The van der Waals surface area contributed by atoms with Gasteiger partial charge in [0, 0.05) is 6.20 Å². The number of benzene rings is 1. The number of hydrogen-bond acceptors (Lipinski definition) is 2. The number of H-pyrrole nitrogens is 1. The van der Waals surface area contributed by atoms with Crippen molar-refractivity contribution < 1.29 is 9.90 Å². The Hall–Kier alpha value is -2.30. The van der Waals surface area contributed by atoms with Crippen LogP contribution in [-0.2, 0) is 0 Å². The van der Waals surface area contributed by atoms with Gasteiger partial charge >= 0.3 is 11.7 Å². The van der Waals surface area contributed by atoms with Gasteiger partial charge in [0.1, 0.15) is 0 Å². The number of carboxylic acids is 1. The third kappa shape index (κ3) is 1.52. The number of rotatable bonds is 2. The van der Waals surface area contributed by atoms with E-state index in [9.17, 15) is 9.59 Å². The van der Waals surface area contributed by atoms with Crippen LogP contribution >= 0.6 is 0 Å². The maximum Gasteiger partial charge on any atom is 0.354 e. The van der Waals surface area contributed by atoms with Crippen LogP contribution in [0.5, 0.6) is 0 Å². The number of carbonyl (C=O) groups is 1. The van der Waals surface area contributed by atoms with Gasteiger partial charge in [0.2, 0.25) is 0 Å². The average molecular weight is 218 g/mol. The van der Waals surface area contributed by atoms with Gasteiger partial charge in [-0.3, -0.25) is 4.57 Å². The Bertz CT molecular complexity index is 595. The predicted molar refractivity (Wildman–Crippen MR) is 58.1 cm³/mol. The molecule has 0 atom stereocenters. The highest BCUT2D eigenvalue weighted by molar-refractivity contribution is 5.86. The molecule has 1 aromatic heterocycles. The summed E-state index contributed by atoms with van der Waals surface area (Å²) in [6.07, 6.45) is 1.19. The average Bonchev–Trinajstić information content (AvgIpc) is 2.61. The van der Waals surface area contributed by atoms with Crippen molar-refractivity contribution >= 4 is 5.97 Å². The van der Waals surface area contributed by atoms with Crippen LogP contribution in [0.2, 0.25) is 0 Å². The van der Waals surface area contributed by atoms with Gasteiger partial charge in [0.25, 0.3) is 0 Å². The number of aromatic amines is 1. The molecule has 0 amide bonds. The van der Waals surface area contributed by atoms with Gasteiger partial charge in [-0.1, -0.05) is 18.2 Å². The molecule has 5 heteroatoms. The van der Waals surface area contributed by atoms with Gasteiger partial charge in [0.05, 0.1) is 5.69 Å². The van der Waals surface area contributed by atoms with Gasteiger partial charge in [0.15, 0.2) is 5.69 Å². The molecule has 2 rings (SSSR count). The Labute approximate surface area is 91.0 Å². The molecule has 0 saturated carbocycles. The molecule has 1 heterocycles. The van der Waals surface area contributed by atoms with E-state index in [4.69, 9.17) is 5.11 Å². The van der Waals surface area contributed by atoms with Gasteiger partial charge in [-0.05, 0) is 18.6 Å². The van der Waals surface area contributed by atoms with E-state index in [-0.39, 0.29) is 5.69 Å². The lowest BCUT2D eigenvalue weighted by atomic mass is 10.2. The molecular weight excluding hydrogens is 208 g/mol. The van der Waals surface area contributed by atoms with Crippen molar-refractivity contribution in [3.8, 4) is 5.69 Å². The number of hydrogen-bond donors (Lipinski definition) is 2. The summed E-state index contributed by atoms with van der Waals surface area (Å²) >= 11 is 0. The van der Waals surface area contributed by atoms with Crippen molar-refractivity contribution in [2.75, 3.05) is 0 Å². The zero-order valence-corrected chi connectivity index (χ0v) is 8.60. The molecular formula is C11H10N2O3. The Morgan fingerprint density at radius 3 is 2.69 bits per heavy atom. The molecule has 16 heavy (non-hydrogen) atoms. The summed E-state index contributed by atoms with van der Waals surface area (Å²) in [5.41, 5.74) is 0.892. The first kappa shape index (κ1) is 10.2. The number of para-hydroxylation sites is 1. The first-order valence-corrected chi connectivity index (χ1v) is 4.71. The Morgan fingerprint density at radius 1 is 1.38 bits per heavy atom. The molecule has 0 aliphatic heterocycles. The first-order valence-electron chi connectivity index (χ1n) is 4.71. The maximum atomic E-state index is 11.5. The molecule has 0 spiro atoms. The van der Waals surface area contributed by atoms with Crippen LogP contribution in [0.3, 0.4) is 0 Å². The molecule has 0 fully saturated rings. The zero-order chi connectivity index (χ0) is 11.7. The summed E-state index contributed by atoms with van der Waals surface area (Å²) in [5, 5.41) is 8.95. The number of nitrogens with one attached hydrogen (secondary N) is 1. The molecule has 2 N–H and O–H groups in total. The smallest absolute Gasteiger partial charge is 0.354 e. The maximum absolute atomic E-state index is 11.5. The number of carboxylic acid groups (broad SMARTS) is 1. The van der Waals surface area contributed by atoms with Crippen LogP contribution in [0.4, 0.5) is 0 Å². The quantitative estimate of drug-likeness (QED) is 0.794. The Morgan fingerprint density at radius 2 is 2.06 bits per heavy atom. The summed E-state index contributed by atoms with van der Waals surface area (Å²) in [4.78, 5) is 24.9. The molecule has 0 aliphatic carbocycles. The number of aryl methyl sites for hydroxylation is 1. The highest BCUT2D eigenvalue weighted by atomic mass is 16.4. The van der Waals surface area contributed by atoms with Gasteiger partial charge in [-0.2, -0.15) is 0 Å². The van der Waals surface area contributed by atoms with Crippen LogP contribution in [-0.4, -0.2) is 20.6 Å². The molecule has 2 aromatic rings.